The third kappa shape index (κ3) is 4.22. The van der Waals surface area contributed by atoms with Crippen molar-refractivity contribution in [1.82, 2.24) is 14.8 Å². The van der Waals surface area contributed by atoms with Crippen LogP contribution in [-0.2, 0) is 6.54 Å². The fraction of sp³-hybridized carbons (Fsp3) is 0.0870. The summed E-state index contributed by atoms with van der Waals surface area (Å²) in [4.78, 5) is 17.7. The molecule has 0 spiro atoms. The minimum atomic E-state index is -0.367. The number of carbonyl (C=O) groups excluding carboxylic acids is 1. The van der Waals surface area contributed by atoms with E-state index in [0.717, 1.165) is 16.7 Å². The van der Waals surface area contributed by atoms with E-state index in [1.807, 2.05) is 55.5 Å². The van der Waals surface area contributed by atoms with Crippen molar-refractivity contribution in [1.29, 1.82) is 0 Å². The summed E-state index contributed by atoms with van der Waals surface area (Å²) in [6.07, 6.45) is 0. The molecule has 7 heteroatoms. The molecule has 1 aromatic heterocycles. The Morgan fingerprint density at radius 1 is 0.933 bits per heavy atom. The second-order valence-corrected chi connectivity index (χ2v) is 7.58. The van der Waals surface area contributed by atoms with Gasteiger partial charge < -0.3 is 5.32 Å². The fourth-order valence-electron chi connectivity index (χ4n) is 2.96. The van der Waals surface area contributed by atoms with E-state index in [2.05, 4.69) is 15.4 Å². The Morgan fingerprint density at radius 2 is 1.60 bits per heavy atom. The topological polar surface area (TPSA) is 59.8 Å². The molecule has 0 aliphatic carbocycles. The molecule has 0 aliphatic heterocycles. The van der Waals surface area contributed by atoms with Gasteiger partial charge in [0, 0.05) is 17.1 Å². The molecule has 3 aromatic carbocycles. The Labute approximate surface area is 184 Å². The molecule has 5 nitrogen and oxygen atoms in total. The lowest BCUT2D eigenvalue weighted by Gasteiger charge is -2.09. The molecule has 1 N–H and O–H groups in total. The maximum Gasteiger partial charge on any atom is 0.282 e. The van der Waals surface area contributed by atoms with Crippen molar-refractivity contribution in [3.8, 4) is 11.4 Å². The number of benzene rings is 3. The quantitative estimate of drug-likeness (QED) is 0.425. The first kappa shape index (κ1) is 20.1. The Hall–Kier alpha value is -3.15. The lowest BCUT2D eigenvalue weighted by molar-refractivity contribution is 0.0947. The van der Waals surface area contributed by atoms with Gasteiger partial charge in [0.25, 0.3) is 5.91 Å². The average molecular weight is 437 g/mol. The standard InChI is InChI=1S/C23H18Cl2N4O/c1-15-10-12-16(13-11-15)21-27-23(26-14-17-6-2-4-8-19(17)24)29(28-21)22(30)18-7-3-5-9-20(18)25/h2-13H,14H2,1H3,(H,26,27,28). The molecule has 0 aliphatic rings. The van der Waals surface area contributed by atoms with Gasteiger partial charge in [0.05, 0.1) is 10.6 Å². The smallest absolute Gasteiger partial charge is 0.282 e. The maximum absolute atomic E-state index is 13.2. The number of halogens is 2. The molecule has 4 aromatic rings. The number of aromatic nitrogens is 3. The van der Waals surface area contributed by atoms with E-state index in [1.165, 1.54) is 4.68 Å². The van der Waals surface area contributed by atoms with Crippen molar-refractivity contribution >= 4 is 35.1 Å². The molecular formula is C23H18Cl2N4O. The van der Waals surface area contributed by atoms with E-state index in [9.17, 15) is 4.79 Å². The second kappa shape index (κ2) is 8.69. The van der Waals surface area contributed by atoms with Crippen molar-refractivity contribution < 1.29 is 4.79 Å². The summed E-state index contributed by atoms with van der Waals surface area (Å²) in [7, 11) is 0. The highest BCUT2D eigenvalue weighted by Crippen LogP contribution is 2.23. The normalized spacial score (nSPS) is 10.8. The van der Waals surface area contributed by atoms with Crippen LogP contribution in [0.15, 0.2) is 72.8 Å². The predicted molar refractivity (Wildman–Crippen MR) is 120 cm³/mol. The van der Waals surface area contributed by atoms with Crippen LogP contribution in [0, 0.1) is 6.92 Å². The van der Waals surface area contributed by atoms with Crippen molar-refractivity contribution in [3.05, 3.63) is 99.5 Å². The number of anilines is 1. The molecule has 4 rings (SSSR count). The van der Waals surface area contributed by atoms with Gasteiger partial charge in [-0.05, 0) is 30.7 Å². The first-order valence-corrected chi connectivity index (χ1v) is 10.1. The van der Waals surface area contributed by atoms with Gasteiger partial charge in [-0.15, -0.1) is 5.10 Å². The van der Waals surface area contributed by atoms with E-state index in [4.69, 9.17) is 23.2 Å². The number of nitrogens with zero attached hydrogens (tertiary/aromatic N) is 3. The van der Waals surface area contributed by atoms with Crippen LogP contribution in [0.2, 0.25) is 10.0 Å². The fourth-order valence-corrected chi connectivity index (χ4v) is 3.38. The Morgan fingerprint density at radius 3 is 2.30 bits per heavy atom. The van der Waals surface area contributed by atoms with Gasteiger partial charge in [0.1, 0.15) is 0 Å². The minimum Gasteiger partial charge on any atom is -0.350 e. The first-order valence-electron chi connectivity index (χ1n) is 9.33. The average Bonchev–Trinajstić information content (AvgIpc) is 3.18. The Kier molecular flexibility index (Phi) is 5.84. The number of rotatable bonds is 5. The molecule has 0 amide bonds. The monoisotopic (exact) mass is 436 g/mol. The van der Waals surface area contributed by atoms with Gasteiger partial charge in [-0.25, -0.2) is 0 Å². The lowest BCUT2D eigenvalue weighted by Crippen LogP contribution is -2.18. The van der Waals surface area contributed by atoms with Crippen LogP contribution in [0.3, 0.4) is 0 Å². The number of aryl methyl sites for hydroxylation is 1. The summed E-state index contributed by atoms with van der Waals surface area (Å²) in [6.45, 7) is 2.40. The van der Waals surface area contributed by atoms with Crippen LogP contribution in [-0.4, -0.2) is 20.7 Å². The van der Waals surface area contributed by atoms with Crippen LogP contribution in [0.5, 0.6) is 0 Å². The predicted octanol–water partition coefficient (Wildman–Crippen LogP) is 5.86. The van der Waals surface area contributed by atoms with E-state index >= 15 is 0 Å². The van der Waals surface area contributed by atoms with Crippen molar-refractivity contribution in [3.63, 3.8) is 0 Å². The minimum absolute atomic E-state index is 0.315. The van der Waals surface area contributed by atoms with Crippen LogP contribution >= 0.6 is 23.2 Å². The number of carbonyl (C=O) groups is 1. The van der Waals surface area contributed by atoms with Gasteiger partial charge >= 0.3 is 0 Å². The summed E-state index contributed by atoms with van der Waals surface area (Å²) in [5.74, 6) is 0.389. The molecule has 0 bridgehead atoms. The van der Waals surface area contributed by atoms with Gasteiger partial charge in [-0.2, -0.15) is 9.67 Å². The summed E-state index contributed by atoms with van der Waals surface area (Å²) >= 11 is 12.5. The SMILES string of the molecule is Cc1ccc(-c2nc(NCc3ccccc3Cl)n(C(=O)c3ccccc3Cl)n2)cc1. The summed E-state index contributed by atoms with van der Waals surface area (Å²) in [6, 6.07) is 22.2. The molecule has 0 saturated carbocycles. The molecule has 1 heterocycles. The third-order valence-corrected chi connectivity index (χ3v) is 5.31. The number of nitrogens with one attached hydrogen (secondary N) is 1. The third-order valence-electron chi connectivity index (χ3n) is 4.61. The molecule has 0 radical (unpaired) electrons. The molecule has 0 fully saturated rings. The zero-order valence-electron chi connectivity index (χ0n) is 16.1. The van der Waals surface area contributed by atoms with Crippen LogP contribution < -0.4 is 5.32 Å². The van der Waals surface area contributed by atoms with Crippen molar-refractivity contribution in [2.24, 2.45) is 0 Å². The first-order chi connectivity index (χ1) is 14.5. The zero-order chi connectivity index (χ0) is 21.1. The molecule has 30 heavy (non-hydrogen) atoms. The van der Waals surface area contributed by atoms with E-state index in [1.54, 1.807) is 24.3 Å². The summed E-state index contributed by atoms with van der Waals surface area (Å²) < 4.78 is 1.24. The van der Waals surface area contributed by atoms with E-state index in [-0.39, 0.29) is 5.91 Å². The van der Waals surface area contributed by atoms with Crippen molar-refractivity contribution in [2.45, 2.75) is 13.5 Å². The van der Waals surface area contributed by atoms with Crippen molar-refractivity contribution in [2.75, 3.05) is 5.32 Å². The van der Waals surface area contributed by atoms with Gasteiger partial charge in [-0.1, -0.05) is 83.4 Å². The lowest BCUT2D eigenvalue weighted by atomic mass is 10.1. The summed E-state index contributed by atoms with van der Waals surface area (Å²) in [5, 5.41) is 8.63. The molecule has 0 saturated heterocycles. The van der Waals surface area contributed by atoms with Crippen LogP contribution in [0.4, 0.5) is 5.95 Å². The highest BCUT2D eigenvalue weighted by atomic mass is 35.5. The maximum atomic E-state index is 13.2. The highest BCUT2D eigenvalue weighted by molar-refractivity contribution is 6.34. The number of hydrogen-bond acceptors (Lipinski definition) is 4. The largest absolute Gasteiger partial charge is 0.350 e. The van der Waals surface area contributed by atoms with Crippen LogP contribution in [0.25, 0.3) is 11.4 Å². The molecule has 0 unspecified atom stereocenters. The molecule has 150 valence electrons. The summed E-state index contributed by atoms with van der Waals surface area (Å²) in [5.41, 5.74) is 3.17. The number of hydrogen-bond donors (Lipinski definition) is 1. The molecule has 0 atom stereocenters. The van der Waals surface area contributed by atoms with Gasteiger partial charge in [0.2, 0.25) is 5.95 Å². The van der Waals surface area contributed by atoms with Gasteiger partial charge in [-0.3, -0.25) is 4.79 Å². The van der Waals surface area contributed by atoms with E-state index in [0.29, 0.717) is 33.9 Å². The highest BCUT2D eigenvalue weighted by Gasteiger charge is 2.20. The van der Waals surface area contributed by atoms with Gasteiger partial charge in [0.15, 0.2) is 5.82 Å². The second-order valence-electron chi connectivity index (χ2n) is 6.77. The van der Waals surface area contributed by atoms with Crippen LogP contribution in [0.1, 0.15) is 21.5 Å². The Bertz CT molecular complexity index is 1200. The molecular weight excluding hydrogens is 419 g/mol. The zero-order valence-corrected chi connectivity index (χ0v) is 17.7. The Balaban J connectivity index is 1.72. The van der Waals surface area contributed by atoms with E-state index < -0.39 is 0 Å².